The van der Waals surface area contributed by atoms with Gasteiger partial charge < -0.3 is 5.11 Å². The number of hydrogen-bond acceptors (Lipinski definition) is 3. The number of pyridine rings is 1. The Labute approximate surface area is 101 Å². The summed E-state index contributed by atoms with van der Waals surface area (Å²) in [4.78, 5) is 3.94. The molecule has 2 aromatic rings. The highest BCUT2D eigenvalue weighted by atomic mass is 16.3. The first-order valence-electron chi connectivity index (χ1n) is 5.82. The molecule has 0 aliphatic carbocycles. The first kappa shape index (κ1) is 11.8. The van der Waals surface area contributed by atoms with E-state index >= 15 is 0 Å². The van der Waals surface area contributed by atoms with E-state index in [0.29, 0.717) is 6.42 Å². The lowest BCUT2D eigenvalue weighted by Crippen LogP contribution is -2.08. The van der Waals surface area contributed by atoms with Crippen LogP contribution in [-0.2, 0) is 13.0 Å². The van der Waals surface area contributed by atoms with Crippen molar-refractivity contribution in [2.75, 3.05) is 0 Å². The summed E-state index contributed by atoms with van der Waals surface area (Å²) >= 11 is 0. The summed E-state index contributed by atoms with van der Waals surface area (Å²) in [5, 5.41) is 14.5. The Morgan fingerprint density at radius 1 is 1.35 bits per heavy atom. The molecule has 2 heterocycles. The summed E-state index contributed by atoms with van der Waals surface area (Å²) in [5.41, 5.74) is 2.94. The van der Waals surface area contributed by atoms with Crippen LogP contribution in [0.5, 0.6) is 0 Å². The van der Waals surface area contributed by atoms with Crippen LogP contribution in [-0.4, -0.2) is 19.9 Å². The van der Waals surface area contributed by atoms with Crippen molar-refractivity contribution in [2.24, 2.45) is 0 Å². The molecule has 0 saturated heterocycles. The van der Waals surface area contributed by atoms with Crippen molar-refractivity contribution >= 4 is 0 Å². The third-order valence-electron chi connectivity index (χ3n) is 2.78. The average molecular weight is 231 g/mol. The molecule has 2 rings (SSSR count). The summed E-state index contributed by atoms with van der Waals surface area (Å²) in [5.74, 6) is 0. The van der Waals surface area contributed by atoms with Crippen LogP contribution in [0.3, 0.4) is 0 Å². The highest BCUT2D eigenvalue weighted by Gasteiger charge is 2.12. The van der Waals surface area contributed by atoms with Gasteiger partial charge in [0.15, 0.2) is 0 Å². The summed E-state index contributed by atoms with van der Waals surface area (Å²) < 4.78 is 1.93. The minimum atomic E-state index is -0.501. The third kappa shape index (κ3) is 2.71. The van der Waals surface area contributed by atoms with Crippen molar-refractivity contribution in [2.45, 2.75) is 32.9 Å². The fourth-order valence-corrected chi connectivity index (χ4v) is 1.94. The molecule has 90 valence electrons. The Kier molecular flexibility index (Phi) is 3.54. The Hall–Kier alpha value is -1.68. The van der Waals surface area contributed by atoms with Crippen LogP contribution in [0.2, 0.25) is 0 Å². The predicted octanol–water partition coefficient (Wildman–Crippen LogP) is 1.88. The molecule has 0 aliphatic heterocycles. The van der Waals surface area contributed by atoms with Gasteiger partial charge in [0.05, 0.1) is 11.8 Å². The Balaban J connectivity index is 2.15. The smallest absolute Gasteiger partial charge is 0.0846 e. The van der Waals surface area contributed by atoms with Crippen molar-refractivity contribution in [3.8, 4) is 0 Å². The van der Waals surface area contributed by atoms with Gasteiger partial charge in [0.25, 0.3) is 0 Å². The van der Waals surface area contributed by atoms with Crippen molar-refractivity contribution < 1.29 is 5.11 Å². The quantitative estimate of drug-likeness (QED) is 0.874. The molecule has 0 bridgehead atoms. The molecular weight excluding hydrogens is 214 g/mol. The van der Waals surface area contributed by atoms with Gasteiger partial charge in [0, 0.05) is 31.1 Å². The lowest BCUT2D eigenvalue weighted by Gasteiger charge is -2.11. The number of aromatic nitrogens is 3. The largest absolute Gasteiger partial charge is 0.388 e. The van der Waals surface area contributed by atoms with Gasteiger partial charge in [-0.05, 0) is 37.6 Å². The number of rotatable bonds is 4. The molecule has 0 spiro atoms. The van der Waals surface area contributed by atoms with Crippen molar-refractivity contribution in [3.05, 3.63) is 47.5 Å². The first-order chi connectivity index (χ1) is 8.20. The zero-order chi connectivity index (χ0) is 12.3. The summed E-state index contributed by atoms with van der Waals surface area (Å²) in [6.45, 7) is 4.84. The first-order valence-corrected chi connectivity index (χ1v) is 5.82. The Morgan fingerprint density at radius 3 is 2.71 bits per heavy atom. The molecule has 1 N–H and O–H groups in total. The molecule has 1 unspecified atom stereocenters. The Bertz CT molecular complexity index is 479. The van der Waals surface area contributed by atoms with Gasteiger partial charge in [0.1, 0.15) is 0 Å². The molecule has 2 aromatic heterocycles. The lowest BCUT2D eigenvalue weighted by atomic mass is 10.1. The molecule has 0 aliphatic rings. The highest BCUT2D eigenvalue weighted by Crippen LogP contribution is 2.18. The molecule has 0 radical (unpaired) electrons. The number of aliphatic hydroxyl groups excluding tert-OH is 1. The fourth-order valence-electron chi connectivity index (χ4n) is 1.94. The fraction of sp³-hybridized carbons (Fsp3) is 0.385. The molecule has 4 heteroatoms. The van der Waals surface area contributed by atoms with E-state index in [9.17, 15) is 5.11 Å². The van der Waals surface area contributed by atoms with Crippen molar-refractivity contribution in [1.29, 1.82) is 0 Å². The normalized spacial score (nSPS) is 12.6. The van der Waals surface area contributed by atoms with Gasteiger partial charge in [-0.3, -0.25) is 9.67 Å². The van der Waals surface area contributed by atoms with Crippen molar-refractivity contribution in [3.63, 3.8) is 0 Å². The molecule has 0 amide bonds. The van der Waals surface area contributed by atoms with Crippen LogP contribution >= 0.6 is 0 Å². The van der Waals surface area contributed by atoms with Crippen LogP contribution in [0.15, 0.2) is 30.6 Å². The summed E-state index contributed by atoms with van der Waals surface area (Å²) in [7, 11) is 0. The standard InChI is InChI=1S/C13H17N3O/c1-3-16-12(8-10(2)15-16)9-13(17)11-4-6-14-7-5-11/h4-8,13,17H,3,9H2,1-2H3. The maximum absolute atomic E-state index is 10.1. The van der Waals surface area contributed by atoms with Crippen molar-refractivity contribution in [1.82, 2.24) is 14.8 Å². The number of aliphatic hydroxyl groups is 1. The Morgan fingerprint density at radius 2 is 2.06 bits per heavy atom. The third-order valence-corrected chi connectivity index (χ3v) is 2.78. The number of aryl methyl sites for hydroxylation is 2. The average Bonchev–Trinajstić information content (AvgIpc) is 2.70. The van der Waals surface area contributed by atoms with Crippen LogP contribution in [0, 0.1) is 6.92 Å². The van der Waals surface area contributed by atoms with Crippen LogP contribution in [0.1, 0.15) is 30.0 Å². The van der Waals surface area contributed by atoms with Crippen LogP contribution in [0.4, 0.5) is 0 Å². The molecule has 1 atom stereocenters. The zero-order valence-electron chi connectivity index (χ0n) is 10.2. The van der Waals surface area contributed by atoms with E-state index in [2.05, 4.69) is 17.0 Å². The second-order valence-corrected chi connectivity index (χ2v) is 4.09. The minimum absolute atomic E-state index is 0.501. The van der Waals surface area contributed by atoms with E-state index in [1.807, 2.05) is 29.8 Å². The topological polar surface area (TPSA) is 50.9 Å². The SMILES string of the molecule is CCn1nc(C)cc1CC(O)c1ccncc1. The van der Waals surface area contributed by atoms with E-state index < -0.39 is 6.10 Å². The molecule has 0 fully saturated rings. The maximum Gasteiger partial charge on any atom is 0.0846 e. The lowest BCUT2D eigenvalue weighted by molar-refractivity contribution is 0.175. The van der Waals surface area contributed by atoms with Gasteiger partial charge in [-0.25, -0.2) is 0 Å². The van der Waals surface area contributed by atoms with Gasteiger partial charge in [0.2, 0.25) is 0 Å². The predicted molar refractivity (Wildman–Crippen MR) is 65.5 cm³/mol. The van der Waals surface area contributed by atoms with Crippen LogP contribution in [0.25, 0.3) is 0 Å². The van der Waals surface area contributed by atoms with E-state index in [1.54, 1.807) is 12.4 Å². The van der Waals surface area contributed by atoms with Gasteiger partial charge in [-0.2, -0.15) is 5.10 Å². The monoisotopic (exact) mass is 231 g/mol. The van der Waals surface area contributed by atoms with E-state index in [-0.39, 0.29) is 0 Å². The van der Waals surface area contributed by atoms with Crippen LogP contribution < -0.4 is 0 Å². The van der Waals surface area contributed by atoms with E-state index in [0.717, 1.165) is 23.5 Å². The van der Waals surface area contributed by atoms with E-state index in [4.69, 9.17) is 0 Å². The van der Waals surface area contributed by atoms with E-state index in [1.165, 1.54) is 0 Å². The molecule has 0 saturated carbocycles. The van der Waals surface area contributed by atoms with Gasteiger partial charge >= 0.3 is 0 Å². The summed E-state index contributed by atoms with van der Waals surface area (Å²) in [6, 6.07) is 5.70. The second kappa shape index (κ2) is 5.10. The molecule has 17 heavy (non-hydrogen) atoms. The molecule has 4 nitrogen and oxygen atoms in total. The van der Waals surface area contributed by atoms with Gasteiger partial charge in [-0.1, -0.05) is 0 Å². The minimum Gasteiger partial charge on any atom is -0.388 e. The van der Waals surface area contributed by atoms with Gasteiger partial charge in [-0.15, -0.1) is 0 Å². The number of hydrogen-bond donors (Lipinski definition) is 1. The molecule has 0 aromatic carbocycles. The maximum atomic E-state index is 10.1. The summed E-state index contributed by atoms with van der Waals surface area (Å²) in [6.07, 6.45) is 3.47. The highest BCUT2D eigenvalue weighted by molar-refractivity contribution is 5.17. The zero-order valence-corrected chi connectivity index (χ0v) is 10.2. The molecular formula is C13H17N3O. The second-order valence-electron chi connectivity index (χ2n) is 4.09. The number of nitrogens with zero attached hydrogens (tertiary/aromatic N) is 3.